The summed E-state index contributed by atoms with van der Waals surface area (Å²) in [6.07, 6.45) is 5.80. The molecule has 1 aromatic carbocycles. The third-order valence-corrected chi connectivity index (χ3v) is 3.66. The summed E-state index contributed by atoms with van der Waals surface area (Å²) in [6.45, 7) is 0.583. The zero-order valence-electron chi connectivity index (χ0n) is 11.1. The first-order valence-corrected chi connectivity index (χ1v) is 6.81. The Bertz CT molecular complexity index is 371. The Balaban J connectivity index is 1.78. The van der Waals surface area contributed by atoms with Crippen molar-refractivity contribution >= 4 is 11.6 Å². The molecule has 0 aromatic heterocycles. The van der Waals surface area contributed by atoms with Gasteiger partial charge in [0.1, 0.15) is 0 Å². The summed E-state index contributed by atoms with van der Waals surface area (Å²) in [5.74, 6) is 0.459. The molecule has 1 N–H and O–H groups in total. The van der Waals surface area contributed by atoms with Crippen LogP contribution in [0.2, 0.25) is 0 Å². The molecular formula is C15H22N2O. The van der Waals surface area contributed by atoms with Crippen LogP contribution in [0.3, 0.4) is 0 Å². The molecule has 1 aromatic rings. The van der Waals surface area contributed by atoms with E-state index in [2.05, 4.69) is 10.2 Å². The summed E-state index contributed by atoms with van der Waals surface area (Å²) in [7, 11) is 2.00. The molecule has 18 heavy (non-hydrogen) atoms. The zero-order chi connectivity index (χ0) is 12.8. The average molecular weight is 246 g/mol. The van der Waals surface area contributed by atoms with E-state index in [-0.39, 0.29) is 11.8 Å². The van der Waals surface area contributed by atoms with Gasteiger partial charge in [0.25, 0.3) is 0 Å². The number of anilines is 1. The van der Waals surface area contributed by atoms with E-state index >= 15 is 0 Å². The van der Waals surface area contributed by atoms with E-state index in [1.807, 2.05) is 37.4 Å². The number of nitrogens with zero attached hydrogens (tertiary/aromatic N) is 1. The topological polar surface area (TPSA) is 32.3 Å². The number of hydrogen-bond donors (Lipinski definition) is 1. The van der Waals surface area contributed by atoms with Gasteiger partial charge in [0, 0.05) is 18.7 Å². The quantitative estimate of drug-likeness (QED) is 0.829. The van der Waals surface area contributed by atoms with Gasteiger partial charge in [-0.3, -0.25) is 4.79 Å². The van der Waals surface area contributed by atoms with Gasteiger partial charge in [0.05, 0.1) is 6.67 Å². The molecule has 0 unspecified atom stereocenters. The van der Waals surface area contributed by atoms with E-state index in [0.29, 0.717) is 6.67 Å². The Hall–Kier alpha value is -1.51. The van der Waals surface area contributed by atoms with Crippen LogP contribution in [0.5, 0.6) is 0 Å². The molecule has 1 aliphatic rings. The highest BCUT2D eigenvalue weighted by molar-refractivity contribution is 5.78. The van der Waals surface area contributed by atoms with Gasteiger partial charge in [-0.15, -0.1) is 0 Å². The van der Waals surface area contributed by atoms with Gasteiger partial charge in [-0.25, -0.2) is 0 Å². The van der Waals surface area contributed by atoms with Crippen molar-refractivity contribution in [3.8, 4) is 0 Å². The molecule has 0 heterocycles. The number of rotatable bonds is 4. The third kappa shape index (κ3) is 3.49. The minimum Gasteiger partial charge on any atom is -0.357 e. The Morgan fingerprint density at radius 2 is 1.89 bits per heavy atom. The Morgan fingerprint density at radius 1 is 1.22 bits per heavy atom. The van der Waals surface area contributed by atoms with Gasteiger partial charge in [-0.2, -0.15) is 0 Å². The van der Waals surface area contributed by atoms with Gasteiger partial charge in [-0.1, -0.05) is 37.5 Å². The fraction of sp³-hybridized carbons (Fsp3) is 0.533. The summed E-state index contributed by atoms with van der Waals surface area (Å²) in [6, 6.07) is 10.1. The highest BCUT2D eigenvalue weighted by atomic mass is 16.2. The van der Waals surface area contributed by atoms with E-state index in [1.54, 1.807) is 0 Å². The van der Waals surface area contributed by atoms with Gasteiger partial charge in [0.15, 0.2) is 0 Å². The molecule has 0 radical (unpaired) electrons. The van der Waals surface area contributed by atoms with Crippen molar-refractivity contribution in [2.75, 3.05) is 18.6 Å². The van der Waals surface area contributed by atoms with Gasteiger partial charge in [-0.05, 0) is 25.0 Å². The normalized spacial score (nSPS) is 16.3. The smallest absolute Gasteiger partial charge is 0.224 e. The van der Waals surface area contributed by atoms with Crippen molar-refractivity contribution in [1.29, 1.82) is 0 Å². The Labute approximate surface area is 109 Å². The maximum Gasteiger partial charge on any atom is 0.224 e. The van der Waals surface area contributed by atoms with Crippen molar-refractivity contribution < 1.29 is 4.79 Å². The molecule has 98 valence electrons. The van der Waals surface area contributed by atoms with E-state index in [0.717, 1.165) is 18.5 Å². The van der Waals surface area contributed by atoms with E-state index < -0.39 is 0 Å². The van der Waals surface area contributed by atoms with Crippen LogP contribution in [0, 0.1) is 5.92 Å². The first-order valence-electron chi connectivity index (χ1n) is 6.81. The van der Waals surface area contributed by atoms with Crippen molar-refractivity contribution in [1.82, 2.24) is 5.32 Å². The van der Waals surface area contributed by atoms with Gasteiger partial charge >= 0.3 is 0 Å². The monoisotopic (exact) mass is 246 g/mol. The molecule has 3 nitrogen and oxygen atoms in total. The maximum absolute atomic E-state index is 12.0. The van der Waals surface area contributed by atoms with Crippen LogP contribution in [-0.4, -0.2) is 19.6 Å². The molecule has 2 rings (SSSR count). The molecular weight excluding hydrogens is 224 g/mol. The van der Waals surface area contributed by atoms with E-state index in [1.165, 1.54) is 19.3 Å². The molecule has 0 aliphatic heterocycles. The minimum absolute atomic E-state index is 0.220. The fourth-order valence-corrected chi connectivity index (χ4v) is 2.48. The number of carbonyl (C=O) groups is 1. The SMILES string of the molecule is CN(CNC(=O)C1CCCCC1)c1ccccc1. The summed E-state index contributed by atoms with van der Waals surface area (Å²) in [5.41, 5.74) is 1.13. The predicted molar refractivity (Wildman–Crippen MR) is 74.4 cm³/mol. The second-order valence-electron chi connectivity index (χ2n) is 5.07. The summed E-state index contributed by atoms with van der Waals surface area (Å²) in [5, 5.41) is 3.04. The summed E-state index contributed by atoms with van der Waals surface area (Å²) < 4.78 is 0. The highest BCUT2D eigenvalue weighted by Gasteiger charge is 2.20. The zero-order valence-corrected chi connectivity index (χ0v) is 11.1. The van der Waals surface area contributed by atoms with Crippen molar-refractivity contribution in [3.05, 3.63) is 30.3 Å². The number of nitrogens with one attached hydrogen (secondary N) is 1. The van der Waals surface area contributed by atoms with Crippen molar-refractivity contribution in [2.24, 2.45) is 5.92 Å². The molecule has 1 saturated carbocycles. The van der Waals surface area contributed by atoms with Crippen LogP contribution in [0.4, 0.5) is 5.69 Å². The van der Waals surface area contributed by atoms with Crippen LogP contribution in [0.25, 0.3) is 0 Å². The summed E-state index contributed by atoms with van der Waals surface area (Å²) >= 11 is 0. The van der Waals surface area contributed by atoms with Gasteiger partial charge in [0.2, 0.25) is 5.91 Å². The molecule has 1 aliphatic carbocycles. The predicted octanol–water partition coefficient (Wildman–Crippen LogP) is 2.78. The Kier molecular flexibility index (Phi) is 4.62. The van der Waals surface area contributed by atoms with Crippen LogP contribution in [0.15, 0.2) is 30.3 Å². The second-order valence-corrected chi connectivity index (χ2v) is 5.07. The van der Waals surface area contributed by atoms with Crippen molar-refractivity contribution in [2.45, 2.75) is 32.1 Å². The lowest BCUT2D eigenvalue weighted by Gasteiger charge is -2.24. The lowest BCUT2D eigenvalue weighted by Crippen LogP contribution is -2.39. The maximum atomic E-state index is 12.0. The molecule has 0 saturated heterocycles. The minimum atomic E-state index is 0.220. The summed E-state index contributed by atoms with van der Waals surface area (Å²) in [4.78, 5) is 14.1. The largest absolute Gasteiger partial charge is 0.357 e. The lowest BCUT2D eigenvalue weighted by atomic mass is 9.89. The molecule has 0 atom stereocenters. The standard InChI is InChI=1S/C15H22N2O/c1-17(14-10-6-3-7-11-14)12-16-15(18)13-8-4-2-5-9-13/h3,6-7,10-11,13H,2,4-5,8-9,12H2,1H3,(H,16,18). The number of benzene rings is 1. The van der Waals surface area contributed by atoms with Crippen LogP contribution >= 0.6 is 0 Å². The number of para-hydroxylation sites is 1. The third-order valence-electron chi connectivity index (χ3n) is 3.66. The van der Waals surface area contributed by atoms with Crippen LogP contribution in [0.1, 0.15) is 32.1 Å². The number of hydrogen-bond acceptors (Lipinski definition) is 2. The van der Waals surface area contributed by atoms with Gasteiger partial charge < -0.3 is 10.2 Å². The Morgan fingerprint density at radius 3 is 2.56 bits per heavy atom. The molecule has 0 bridgehead atoms. The lowest BCUT2D eigenvalue weighted by molar-refractivity contribution is -0.125. The number of amides is 1. The first kappa shape index (κ1) is 12.9. The molecule has 1 amide bonds. The number of carbonyl (C=O) groups excluding carboxylic acids is 1. The highest BCUT2D eigenvalue weighted by Crippen LogP contribution is 2.23. The molecule has 1 fully saturated rings. The average Bonchev–Trinajstić information content (AvgIpc) is 2.46. The second kappa shape index (κ2) is 6.43. The van der Waals surface area contributed by atoms with Crippen LogP contribution in [-0.2, 0) is 4.79 Å². The molecule has 3 heteroatoms. The molecule has 0 spiro atoms. The fourth-order valence-electron chi connectivity index (χ4n) is 2.48. The van der Waals surface area contributed by atoms with E-state index in [4.69, 9.17) is 0 Å². The van der Waals surface area contributed by atoms with Crippen LogP contribution < -0.4 is 10.2 Å². The van der Waals surface area contributed by atoms with Crippen molar-refractivity contribution in [3.63, 3.8) is 0 Å². The van der Waals surface area contributed by atoms with E-state index in [9.17, 15) is 4.79 Å². The first-order chi connectivity index (χ1) is 8.77.